The van der Waals surface area contributed by atoms with Gasteiger partial charge < -0.3 is 5.11 Å². The fraction of sp³-hybridized carbons (Fsp3) is 0.444. The normalized spacial score (nSPS) is 12.9. The second-order valence-electron chi connectivity index (χ2n) is 2.84. The number of halogens is 1. The molecular weight excluding hydrogens is 218 g/mol. The van der Waals surface area contributed by atoms with Crippen molar-refractivity contribution in [2.24, 2.45) is 0 Å². The maximum Gasteiger partial charge on any atom is 0.106 e. The van der Waals surface area contributed by atoms with Crippen molar-refractivity contribution in [2.45, 2.75) is 25.9 Å². The number of hydrogen-bond donors (Lipinski definition) is 1. The van der Waals surface area contributed by atoms with E-state index in [9.17, 15) is 0 Å². The number of aliphatic hydroxyl groups is 1. The first-order chi connectivity index (χ1) is 5.68. The van der Waals surface area contributed by atoms with E-state index in [1.54, 1.807) is 6.92 Å². The van der Waals surface area contributed by atoms with Crippen LogP contribution < -0.4 is 0 Å². The minimum atomic E-state index is -0.245. The molecule has 0 saturated carbocycles. The van der Waals surface area contributed by atoms with E-state index >= 15 is 0 Å². The maximum atomic E-state index is 9.04. The number of aryl methyl sites for hydroxylation is 1. The third-order valence-electron chi connectivity index (χ3n) is 1.59. The van der Waals surface area contributed by atoms with Crippen molar-refractivity contribution in [3.8, 4) is 0 Å². The van der Waals surface area contributed by atoms with Gasteiger partial charge in [0.1, 0.15) is 4.60 Å². The summed E-state index contributed by atoms with van der Waals surface area (Å²) in [6.07, 6.45) is 1.35. The Kier molecular flexibility index (Phi) is 3.69. The molecule has 0 radical (unpaired) electrons. The minimum Gasteiger partial charge on any atom is -0.393 e. The molecule has 0 fully saturated rings. The Hall–Kier alpha value is -0.410. The van der Waals surface area contributed by atoms with Gasteiger partial charge in [0.05, 0.1) is 6.10 Å². The molecule has 0 bridgehead atoms. The van der Waals surface area contributed by atoms with Gasteiger partial charge in [-0.1, -0.05) is 6.07 Å². The van der Waals surface area contributed by atoms with Crippen LogP contribution in [0, 0.1) is 0 Å². The summed E-state index contributed by atoms with van der Waals surface area (Å²) in [7, 11) is 0. The lowest BCUT2D eigenvalue weighted by Gasteiger charge is -2.03. The highest BCUT2D eigenvalue weighted by Crippen LogP contribution is 2.08. The minimum absolute atomic E-state index is 0.245. The summed E-state index contributed by atoms with van der Waals surface area (Å²) in [6, 6.07) is 5.81. The molecular formula is C9H12BrNO. The standard InChI is InChI=1S/C9H12BrNO/c1-7(12)5-6-8-3-2-4-9(10)11-8/h2-4,7,12H,5-6H2,1H3/t7-/m0/s1. The van der Waals surface area contributed by atoms with Crippen LogP contribution in [-0.2, 0) is 6.42 Å². The average molecular weight is 230 g/mol. The van der Waals surface area contributed by atoms with Crippen molar-refractivity contribution < 1.29 is 5.11 Å². The highest BCUT2D eigenvalue weighted by Gasteiger charge is 1.98. The molecule has 2 nitrogen and oxygen atoms in total. The SMILES string of the molecule is C[C@H](O)CCc1cccc(Br)n1. The van der Waals surface area contributed by atoms with E-state index in [-0.39, 0.29) is 6.10 Å². The van der Waals surface area contributed by atoms with Gasteiger partial charge in [-0.25, -0.2) is 4.98 Å². The molecule has 1 aromatic rings. The van der Waals surface area contributed by atoms with Crippen LogP contribution in [0.3, 0.4) is 0 Å². The molecule has 0 aliphatic rings. The first kappa shape index (κ1) is 9.68. The Balaban J connectivity index is 2.52. The Morgan fingerprint density at radius 3 is 2.92 bits per heavy atom. The smallest absolute Gasteiger partial charge is 0.106 e. The lowest BCUT2D eigenvalue weighted by atomic mass is 10.1. The number of aromatic nitrogens is 1. The van der Waals surface area contributed by atoms with Crippen molar-refractivity contribution in [3.63, 3.8) is 0 Å². The number of rotatable bonds is 3. The third-order valence-corrected chi connectivity index (χ3v) is 2.03. The van der Waals surface area contributed by atoms with Gasteiger partial charge in [0.2, 0.25) is 0 Å². The van der Waals surface area contributed by atoms with Crippen LogP contribution in [0.1, 0.15) is 19.0 Å². The van der Waals surface area contributed by atoms with Crippen LogP contribution in [0.4, 0.5) is 0 Å². The van der Waals surface area contributed by atoms with Crippen molar-refractivity contribution >= 4 is 15.9 Å². The molecule has 0 unspecified atom stereocenters. The monoisotopic (exact) mass is 229 g/mol. The highest BCUT2D eigenvalue weighted by atomic mass is 79.9. The predicted molar refractivity (Wildman–Crippen MR) is 51.9 cm³/mol. The zero-order valence-electron chi connectivity index (χ0n) is 7.00. The Bertz CT molecular complexity index is 250. The van der Waals surface area contributed by atoms with E-state index in [1.807, 2.05) is 18.2 Å². The summed E-state index contributed by atoms with van der Waals surface area (Å²) in [5.74, 6) is 0. The second kappa shape index (κ2) is 4.58. The summed E-state index contributed by atoms with van der Waals surface area (Å²) in [5, 5.41) is 9.04. The maximum absolute atomic E-state index is 9.04. The second-order valence-corrected chi connectivity index (χ2v) is 3.65. The van der Waals surface area contributed by atoms with Crippen LogP contribution in [0.15, 0.2) is 22.8 Å². The lowest BCUT2D eigenvalue weighted by Crippen LogP contribution is -2.02. The van der Waals surface area contributed by atoms with E-state index < -0.39 is 0 Å². The van der Waals surface area contributed by atoms with Crippen LogP contribution in [-0.4, -0.2) is 16.2 Å². The molecule has 1 rings (SSSR count). The molecule has 12 heavy (non-hydrogen) atoms. The molecule has 0 aliphatic carbocycles. The van der Waals surface area contributed by atoms with Gasteiger partial charge in [0.15, 0.2) is 0 Å². The number of hydrogen-bond acceptors (Lipinski definition) is 2. The average Bonchev–Trinajstić information content (AvgIpc) is 2.01. The summed E-state index contributed by atoms with van der Waals surface area (Å²) >= 11 is 3.30. The third kappa shape index (κ3) is 3.32. The first-order valence-corrected chi connectivity index (χ1v) is 4.77. The zero-order chi connectivity index (χ0) is 8.97. The zero-order valence-corrected chi connectivity index (χ0v) is 8.58. The Morgan fingerprint density at radius 2 is 2.33 bits per heavy atom. The molecule has 1 N–H and O–H groups in total. The molecule has 1 atom stereocenters. The predicted octanol–water partition coefficient (Wildman–Crippen LogP) is 2.16. The van der Waals surface area contributed by atoms with Crippen molar-refractivity contribution in [1.82, 2.24) is 4.98 Å². The van der Waals surface area contributed by atoms with E-state index in [0.717, 1.165) is 23.1 Å². The lowest BCUT2D eigenvalue weighted by molar-refractivity contribution is 0.184. The summed E-state index contributed by atoms with van der Waals surface area (Å²) in [6.45, 7) is 1.79. The topological polar surface area (TPSA) is 33.1 Å². The van der Waals surface area contributed by atoms with Crippen LogP contribution in [0.25, 0.3) is 0 Å². The van der Waals surface area contributed by atoms with Crippen molar-refractivity contribution in [2.75, 3.05) is 0 Å². The molecule has 0 aliphatic heterocycles. The summed E-state index contributed by atoms with van der Waals surface area (Å²) in [5.41, 5.74) is 1.02. The van der Waals surface area contributed by atoms with Gasteiger partial charge in [-0.05, 0) is 47.8 Å². The van der Waals surface area contributed by atoms with Gasteiger partial charge >= 0.3 is 0 Å². The molecule has 0 aromatic carbocycles. The fourth-order valence-electron chi connectivity index (χ4n) is 0.946. The van der Waals surface area contributed by atoms with Crippen molar-refractivity contribution in [1.29, 1.82) is 0 Å². The van der Waals surface area contributed by atoms with Gasteiger partial charge in [-0.2, -0.15) is 0 Å². The number of pyridine rings is 1. The first-order valence-electron chi connectivity index (χ1n) is 3.98. The highest BCUT2D eigenvalue weighted by molar-refractivity contribution is 9.10. The van der Waals surface area contributed by atoms with Crippen molar-refractivity contribution in [3.05, 3.63) is 28.5 Å². The molecule has 0 saturated heterocycles. The van der Waals surface area contributed by atoms with Gasteiger partial charge in [-0.3, -0.25) is 0 Å². The Morgan fingerprint density at radius 1 is 1.58 bits per heavy atom. The molecule has 1 heterocycles. The van der Waals surface area contributed by atoms with Crippen LogP contribution in [0.2, 0.25) is 0 Å². The molecule has 0 spiro atoms. The quantitative estimate of drug-likeness (QED) is 0.807. The van der Waals surface area contributed by atoms with Gasteiger partial charge in [0, 0.05) is 5.69 Å². The number of nitrogens with zero attached hydrogens (tertiary/aromatic N) is 1. The van der Waals surface area contributed by atoms with E-state index in [0.29, 0.717) is 0 Å². The van der Waals surface area contributed by atoms with Gasteiger partial charge in [-0.15, -0.1) is 0 Å². The summed E-state index contributed by atoms with van der Waals surface area (Å²) < 4.78 is 0.852. The number of aliphatic hydroxyl groups excluding tert-OH is 1. The molecule has 3 heteroatoms. The largest absolute Gasteiger partial charge is 0.393 e. The van der Waals surface area contributed by atoms with E-state index in [1.165, 1.54) is 0 Å². The summed E-state index contributed by atoms with van der Waals surface area (Å²) in [4.78, 5) is 4.25. The fourth-order valence-corrected chi connectivity index (χ4v) is 1.33. The molecule has 1 aromatic heterocycles. The van der Waals surface area contributed by atoms with E-state index in [4.69, 9.17) is 5.11 Å². The van der Waals surface area contributed by atoms with Crippen LogP contribution in [0.5, 0.6) is 0 Å². The molecule has 0 amide bonds. The van der Waals surface area contributed by atoms with Crippen LogP contribution >= 0.6 is 15.9 Å². The molecule has 66 valence electrons. The van der Waals surface area contributed by atoms with Gasteiger partial charge in [0.25, 0.3) is 0 Å². The van der Waals surface area contributed by atoms with E-state index in [2.05, 4.69) is 20.9 Å². The Labute approximate surface area is 80.8 Å².